The molecule has 0 radical (unpaired) electrons. The van der Waals surface area contributed by atoms with E-state index < -0.39 is 0 Å². The van der Waals surface area contributed by atoms with Crippen LogP contribution in [0.4, 0.5) is 5.69 Å². The lowest BCUT2D eigenvalue weighted by molar-refractivity contribution is -0.915. The van der Waals surface area contributed by atoms with E-state index in [4.69, 9.17) is 0 Å². The molecule has 2 heterocycles. The van der Waals surface area contributed by atoms with Gasteiger partial charge in [0.05, 0.1) is 25.2 Å². The Morgan fingerprint density at radius 2 is 1.55 bits per heavy atom. The van der Waals surface area contributed by atoms with E-state index in [0.29, 0.717) is 12.1 Å². The highest BCUT2D eigenvalue weighted by atomic mass is 79.9. The third-order valence-electron chi connectivity index (χ3n) is 4.72. The summed E-state index contributed by atoms with van der Waals surface area (Å²) >= 11 is 3.38. The third-order valence-corrected chi connectivity index (χ3v) is 5.25. The van der Waals surface area contributed by atoms with Crippen LogP contribution in [0, 0.1) is 0 Å². The van der Waals surface area contributed by atoms with Crippen LogP contribution < -0.4 is 9.80 Å². The fourth-order valence-electron chi connectivity index (χ4n) is 3.52. The van der Waals surface area contributed by atoms with Gasteiger partial charge in [-0.15, -0.1) is 0 Å². The van der Waals surface area contributed by atoms with Crippen LogP contribution in [0.5, 0.6) is 0 Å². The summed E-state index contributed by atoms with van der Waals surface area (Å²) in [6, 6.07) is 7.20. The Morgan fingerprint density at radius 3 is 2.18 bits per heavy atom. The second kappa shape index (κ2) is 6.92. The van der Waals surface area contributed by atoms with Gasteiger partial charge in [-0.3, -0.25) is 9.59 Å². The van der Waals surface area contributed by atoms with Crippen molar-refractivity contribution in [2.45, 2.75) is 44.6 Å². The monoisotopic (exact) mass is 365 g/mol. The lowest BCUT2D eigenvalue weighted by Gasteiger charge is -2.26. The molecule has 22 heavy (non-hydrogen) atoms. The number of quaternary nitrogens is 1. The van der Waals surface area contributed by atoms with Crippen LogP contribution in [0.1, 0.15) is 38.5 Å². The molecule has 2 fully saturated rings. The van der Waals surface area contributed by atoms with E-state index in [1.807, 2.05) is 24.3 Å². The first-order chi connectivity index (χ1) is 10.7. The molecule has 1 aromatic rings. The Hall–Kier alpha value is -1.20. The first kappa shape index (κ1) is 15.7. The van der Waals surface area contributed by atoms with E-state index >= 15 is 0 Å². The Balaban J connectivity index is 1.76. The normalized spacial score (nSPS) is 24.4. The van der Waals surface area contributed by atoms with Crippen molar-refractivity contribution in [2.24, 2.45) is 0 Å². The summed E-state index contributed by atoms with van der Waals surface area (Å²) in [5, 5.41) is 0. The molecule has 2 aliphatic rings. The molecule has 0 bridgehead atoms. The molecule has 0 saturated carbocycles. The molecule has 2 saturated heterocycles. The van der Waals surface area contributed by atoms with Crippen LogP contribution in [0.2, 0.25) is 0 Å². The predicted molar refractivity (Wildman–Crippen MR) is 88.8 cm³/mol. The van der Waals surface area contributed by atoms with Gasteiger partial charge >= 0.3 is 0 Å². The Morgan fingerprint density at radius 1 is 0.955 bits per heavy atom. The summed E-state index contributed by atoms with van der Waals surface area (Å²) < 4.78 is 0.946. The van der Waals surface area contributed by atoms with Crippen molar-refractivity contribution in [1.29, 1.82) is 0 Å². The third kappa shape index (κ3) is 3.25. The standard InChI is InChI=1S/C17H21BrN2O2/c18-13-6-8-14(9-7-13)20-16(21)12-15(17(20)22)19-10-4-2-1-3-5-11-19/h6-9,15H,1-5,10-12H2/p+1. The van der Waals surface area contributed by atoms with Crippen molar-refractivity contribution in [3.05, 3.63) is 28.7 Å². The molecule has 1 aromatic carbocycles. The highest BCUT2D eigenvalue weighted by molar-refractivity contribution is 9.10. The summed E-state index contributed by atoms with van der Waals surface area (Å²) in [6.45, 7) is 2.02. The zero-order valence-corrected chi connectivity index (χ0v) is 14.3. The minimum Gasteiger partial charge on any atom is -0.324 e. The second-order valence-corrected chi connectivity index (χ2v) is 7.14. The highest BCUT2D eigenvalue weighted by Crippen LogP contribution is 2.24. The summed E-state index contributed by atoms with van der Waals surface area (Å²) in [5.74, 6) is -0.0882. The van der Waals surface area contributed by atoms with Crippen LogP contribution in [0.25, 0.3) is 0 Å². The number of halogens is 1. The number of benzene rings is 1. The SMILES string of the molecule is O=C1CC([NH+]2CCCCCCC2)C(=O)N1c1ccc(Br)cc1. The quantitative estimate of drug-likeness (QED) is 0.813. The van der Waals surface area contributed by atoms with E-state index in [-0.39, 0.29) is 17.9 Å². The maximum absolute atomic E-state index is 12.8. The summed E-state index contributed by atoms with van der Waals surface area (Å²) in [5.41, 5.74) is 0.687. The van der Waals surface area contributed by atoms with Gasteiger partial charge in [-0.25, -0.2) is 4.90 Å². The summed E-state index contributed by atoms with van der Waals surface area (Å²) in [6.07, 6.45) is 6.46. The zero-order chi connectivity index (χ0) is 15.5. The van der Waals surface area contributed by atoms with E-state index in [9.17, 15) is 9.59 Å². The average Bonchev–Trinajstić information content (AvgIpc) is 2.75. The van der Waals surface area contributed by atoms with E-state index in [1.165, 1.54) is 29.1 Å². The molecule has 0 aromatic heterocycles. The minimum absolute atomic E-state index is 0.0251. The van der Waals surface area contributed by atoms with Crippen LogP contribution >= 0.6 is 15.9 Å². The van der Waals surface area contributed by atoms with Gasteiger partial charge in [0, 0.05) is 4.47 Å². The van der Waals surface area contributed by atoms with Gasteiger partial charge in [-0.1, -0.05) is 22.4 Å². The molecule has 1 unspecified atom stereocenters. The number of amides is 2. The second-order valence-electron chi connectivity index (χ2n) is 6.23. The van der Waals surface area contributed by atoms with Gasteiger partial charge in [-0.2, -0.15) is 0 Å². The molecular weight excluding hydrogens is 344 g/mol. The molecular formula is C17H22BrN2O2+. The number of hydrogen-bond donors (Lipinski definition) is 1. The molecule has 3 rings (SSSR count). The van der Waals surface area contributed by atoms with E-state index in [2.05, 4.69) is 15.9 Å². The topological polar surface area (TPSA) is 41.8 Å². The smallest absolute Gasteiger partial charge is 0.292 e. The Labute approximate surface area is 139 Å². The zero-order valence-electron chi connectivity index (χ0n) is 12.7. The molecule has 1 N–H and O–H groups in total. The number of nitrogens with one attached hydrogen (secondary N) is 1. The lowest BCUT2D eigenvalue weighted by Crippen LogP contribution is -3.16. The number of carbonyl (C=O) groups is 2. The fourth-order valence-corrected chi connectivity index (χ4v) is 3.78. The van der Waals surface area contributed by atoms with Crippen LogP contribution in [0.15, 0.2) is 28.7 Å². The van der Waals surface area contributed by atoms with Crippen molar-refractivity contribution < 1.29 is 14.5 Å². The van der Waals surface area contributed by atoms with E-state index in [0.717, 1.165) is 30.4 Å². The molecule has 118 valence electrons. The van der Waals surface area contributed by atoms with E-state index in [1.54, 1.807) is 0 Å². The Kier molecular flexibility index (Phi) is 4.93. The molecule has 0 spiro atoms. The maximum atomic E-state index is 12.8. The maximum Gasteiger partial charge on any atom is 0.292 e. The van der Waals surface area contributed by atoms with Gasteiger partial charge < -0.3 is 4.90 Å². The first-order valence-electron chi connectivity index (χ1n) is 8.14. The number of nitrogens with zero attached hydrogens (tertiary/aromatic N) is 1. The van der Waals surface area contributed by atoms with Crippen molar-refractivity contribution in [2.75, 3.05) is 18.0 Å². The van der Waals surface area contributed by atoms with Gasteiger partial charge in [0.2, 0.25) is 5.91 Å². The first-order valence-corrected chi connectivity index (χ1v) is 8.93. The van der Waals surface area contributed by atoms with Gasteiger partial charge in [-0.05, 0) is 49.9 Å². The molecule has 2 amide bonds. The summed E-state index contributed by atoms with van der Waals surface area (Å²) in [4.78, 5) is 27.8. The molecule has 4 nitrogen and oxygen atoms in total. The average molecular weight is 366 g/mol. The van der Waals surface area contributed by atoms with Gasteiger partial charge in [0.25, 0.3) is 5.91 Å². The molecule has 0 aliphatic carbocycles. The highest BCUT2D eigenvalue weighted by Gasteiger charge is 2.45. The number of carbonyl (C=O) groups excluding carboxylic acids is 2. The number of likely N-dealkylation sites (tertiary alicyclic amines) is 1. The minimum atomic E-state index is -0.186. The lowest BCUT2D eigenvalue weighted by atomic mass is 10.1. The molecule has 1 atom stereocenters. The number of anilines is 1. The van der Waals surface area contributed by atoms with Crippen LogP contribution in [-0.4, -0.2) is 30.9 Å². The number of rotatable bonds is 2. The van der Waals surface area contributed by atoms with Crippen molar-refractivity contribution in [3.63, 3.8) is 0 Å². The van der Waals surface area contributed by atoms with Crippen molar-refractivity contribution >= 4 is 33.4 Å². The number of hydrogen-bond acceptors (Lipinski definition) is 2. The van der Waals surface area contributed by atoms with Crippen LogP contribution in [-0.2, 0) is 9.59 Å². The Bertz CT molecular complexity index is 550. The molecule has 5 heteroatoms. The largest absolute Gasteiger partial charge is 0.324 e. The van der Waals surface area contributed by atoms with Crippen LogP contribution in [0.3, 0.4) is 0 Å². The van der Waals surface area contributed by atoms with Gasteiger partial charge in [0.1, 0.15) is 0 Å². The van der Waals surface area contributed by atoms with Crippen molar-refractivity contribution in [1.82, 2.24) is 0 Å². The summed E-state index contributed by atoms with van der Waals surface area (Å²) in [7, 11) is 0. The van der Waals surface area contributed by atoms with Gasteiger partial charge in [0.15, 0.2) is 6.04 Å². The predicted octanol–water partition coefficient (Wildman–Crippen LogP) is 1.93. The molecule has 2 aliphatic heterocycles. The fraction of sp³-hybridized carbons (Fsp3) is 0.529. The number of imide groups is 1. The van der Waals surface area contributed by atoms with Crippen molar-refractivity contribution in [3.8, 4) is 0 Å².